The van der Waals surface area contributed by atoms with Gasteiger partial charge in [-0.05, 0) is 30.2 Å². The summed E-state index contributed by atoms with van der Waals surface area (Å²) in [6.45, 7) is 2.87. The fourth-order valence-electron chi connectivity index (χ4n) is 3.30. The first-order valence-electron chi connectivity index (χ1n) is 8.57. The summed E-state index contributed by atoms with van der Waals surface area (Å²) < 4.78 is 2.14. The van der Waals surface area contributed by atoms with Gasteiger partial charge in [0, 0.05) is 35.3 Å². The molecule has 1 aliphatic carbocycles. The van der Waals surface area contributed by atoms with Crippen molar-refractivity contribution in [2.75, 3.05) is 0 Å². The number of allylic oxidation sites excluding steroid dienone is 1. The summed E-state index contributed by atoms with van der Waals surface area (Å²) in [5, 5.41) is 0. The van der Waals surface area contributed by atoms with Crippen LogP contribution >= 0.6 is 0 Å². The molecule has 0 N–H and O–H groups in total. The van der Waals surface area contributed by atoms with E-state index in [1.807, 2.05) is 25.1 Å². The van der Waals surface area contributed by atoms with E-state index >= 15 is 0 Å². The van der Waals surface area contributed by atoms with Crippen LogP contribution in [-0.2, 0) is 13.0 Å². The predicted octanol–water partition coefficient (Wildman–Crippen LogP) is 4.15. The van der Waals surface area contributed by atoms with Crippen LogP contribution in [0.25, 0.3) is 6.08 Å². The molecule has 0 amide bonds. The Bertz CT molecular complexity index is 953. The maximum atomic E-state index is 12.6. The largest absolute Gasteiger partial charge is 0.289 e. The average Bonchev–Trinajstić information content (AvgIpc) is 2.93. The van der Waals surface area contributed by atoms with E-state index in [-0.39, 0.29) is 5.78 Å². The SMILES string of the molecule is Cc1ccc2c(c1)C(=O)C(=Cc1cc[n+](Cc3ccccc3)cc1)C2. The van der Waals surface area contributed by atoms with E-state index in [0.717, 1.165) is 40.8 Å². The van der Waals surface area contributed by atoms with Crippen molar-refractivity contribution in [3.8, 4) is 0 Å². The monoisotopic (exact) mass is 326 g/mol. The number of fused-ring (bicyclic) bond motifs is 1. The maximum Gasteiger partial charge on any atom is 0.189 e. The number of carbonyl (C=O) groups is 1. The molecule has 1 aliphatic rings. The van der Waals surface area contributed by atoms with E-state index in [1.54, 1.807) is 0 Å². The van der Waals surface area contributed by atoms with Crippen molar-refractivity contribution in [3.05, 3.63) is 106 Å². The van der Waals surface area contributed by atoms with Crippen LogP contribution in [0.1, 0.15) is 32.6 Å². The lowest BCUT2D eigenvalue weighted by molar-refractivity contribution is -0.688. The van der Waals surface area contributed by atoms with Crippen molar-refractivity contribution >= 4 is 11.9 Å². The summed E-state index contributed by atoms with van der Waals surface area (Å²) in [5.41, 5.74) is 6.35. The second kappa shape index (κ2) is 6.48. The molecule has 0 saturated heterocycles. The highest BCUT2D eigenvalue weighted by Crippen LogP contribution is 2.28. The fourth-order valence-corrected chi connectivity index (χ4v) is 3.30. The van der Waals surface area contributed by atoms with E-state index in [1.165, 1.54) is 5.56 Å². The molecule has 0 saturated carbocycles. The van der Waals surface area contributed by atoms with Crippen molar-refractivity contribution in [1.82, 2.24) is 0 Å². The molecule has 0 fully saturated rings. The summed E-state index contributed by atoms with van der Waals surface area (Å²) >= 11 is 0. The fraction of sp³-hybridized carbons (Fsp3) is 0.130. The molecule has 0 unspecified atom stereocenters. The van der Waals surface area contributed by atoms with Gasteiger partial charge in [0.15, 0.2) is 24.7 Å². The van der Waals surface area contributed by atoms with Crippen LogP contribution in [-0.4, -0.2) is 5.78 Å². The Morgan fingerprint density at radius 1 is 1.00 bits per heavy atom. The molecule has 0 radical (unpaired) electrons. The Labute approximate surface area is 148 Å². The zero-order valence-corrected chi connectivity index (χ0v) is 14.3. The van der Waals surface area contributed by atoms with Crippen LogP contribution in [0.2, 0.25) is 0 Å². The Balaban J connectivity index is 1.54. The number of hydrogen-bond acceptors (Lipinski definition) is 1. The number of aromatic nitrogens is 1. The van der Waals surface area contributed by atoms with E-state index in [9.17, 15) is 4.79 Å². The maximum absolute atomic E-state index is 12.6. The number of Topliss-reactive ketones (excluding diaryl/α,β-unsaturated/α-hetero) is 1. The lowest BCUT2D eigenvalue weighted by Crippen LogP contribution is -2.33. The van der Waals surface area contributed by atoms with Gasteiger partial charge in [0.25, 0.3) is 0 Å². The van der Waals surface area contributed by atoms with Crippen LogP contribution in [0.15, 0.2) is 78.6 Å². The quantitative estimate of drug-likeness (QED) is 0.523. The summed E-state index contributed by atoms with van der Waals surface area (Å²) in [7, 11) is 0. The van der Waals surface area contributed by atoms with Crippen molar-refractivity contribution in [1.29, 1.82) is 0 Å². The Kier molecular flexibility index (Phi) is 4.02. The summed E-state index contributed by atoms with van der Waals surface area (Å²) in [6, 6.07) is 20.7. The molecule has 2 heteroatoms. The van der Waals surface area contributed by atoms with E-state index in [4.69, 9.17) is 0 Å². The van der Waals surface area contributed by atoms with Gasteiger partial charge in [0.2, 0.25) is 0 Å². The van der Waals surface area contributed by atoms with Gasteiger partial charge < -0.3 is 0 Å². The van der Waals surface area contributed by atoms with E-state index < -0.39 is 0 Å². The molecule has 25 heavy (non-hydrogen) atoms. The van der Waals surface area contributed by atoms with Gasteiger partial charge in [-0.2, -0.15) is 0 Å². The highest BCUT2D eigenvalue weighted by atomic mass is 16.1. The van der Waals surface area contributed by atoms with Gasteiger partial charge in [0.1, 0.15) is 0 Å². The van der Waals surface area contributed by atoms with Gasteiger partial charge in [-0.1, -0.05) is 48.0 Å². The van der Waals surface area contributed by atoms with Gasteiger partial charge in [-0.25, -0.2) is 4.57 Å². The van der Waals surface area contributed by atoms with Crippen LogP contribution in [0, 0.1) is 6.92 Å². The second-order valence-electron chi connectivity index (χ2n) is 6.63. The van der Waals surface area contributed by atoms with Crippen LogP contribution in [0.5, 0.6) is 0 Å². The summed E-state index contributed by atoms with van der Waals surface area (Å²) in [6.07, 6.45) is 6.88. The van der Waals surface area contributed by atoms with Crippen molar-refractivity contribution in [2.24, 2.45) is 0 Å². The minimum atomic E-state index is 0.166. The van der Waals surface area contributed by atoms with Gasteiger partial charge in [-0.3, -0.25) is 4.79 Å². The number of benzene rings is 2. The smallest absolute Gasteiger partial charge is 0.189 e. The summed E-state index contributed by atoms with van der Waals surface area (Å²) in [4.78, 5) is 12.6. The molecule has 2 aromatic carbocycles. The Morgan fingerprint density at radius 3 is 2.52 bits per heavy atom. The average molecular weight is 326 g/mol. The molecule has 0 aliphatic heterocycles. The van der Waals surface area contributed by atoms with Crippen LogP contribution in [0.3, 0.4) is 0 Å². The number of hydrogen-bond donors (Lipinski definition) is 0. The third kappa shape index (κ3) is 3.29. The molecule has 0 spiro atoms. The molecule has 122 valence electrons. The third-order valence-corrected chi connectivity index (χ3v) is 4.65. The third-order valence-electron chi connectivity index (χ3n) is 4.65. The topological polar surface area (TPSA) is 20.9 Å². The highest BCUT2D eigenvalue weighted by molar-refractivity contribution is 6.15. The van der Waals surface area contributed by atoms with Crippen molar-refractivity contribution < 1.29 is 9.36 Å². The minimum absolute atomic E-state index is 0.166. The molecule has 0 bridgehead atoms. The first-order valence-corrected chi connectivity index (χ1v) is 8.57. The second-order valence-corrected chi connectivity index (χ2v) is 6.63. The first kappa shape index (κ1) is 15.5. The molecule has 0 atom stereocenters. The lowest BCUT2D eigenvalue weighted by atomic mass is 10.1. The van der Waals surface area contributed by atoms with Crippen LogP contribution < -0.4 is 4.57 Å². The number of aryl methyl sites for hydroxylation is 1. The Morgan fingerprint density at radius 2 is 1.76 bits per heavy atom. The molecule has 1 aromatic heterocycles. The van der Waals surface area contributed by atoms with Crippen LogP contribution in [0.4, 0.5) is 0 Å². The molecule has 2 nitrogen and oxygen atoms in total. The van der Waals surface area contributed by atoms with E-state index in [2.05, 4.69) is 65.5 Å². The number of nitrogens with zero attached hydrogens (tertiary/aromatic N) is 1. The van der Waals surface area contributed by atoms with Gasteiger partial charge in [-0.15, -0.1) is 0 Å². The zero-order valence-electron chi connectivity index (χ0n) is 14.3. The molecular formula is C23H20NO+. The number of carbonyl (C=O) groups excluding carboxylic acids is 1. The Hall–Kier alpha value is -3.00. The molecule has 4 rings (SSSR count). The van der Waals surface area contributed by atoms with Gasteiger partial charge >= 0.3 is 0 Å². The predicted molar refractivity (Wildman–Crippen MR) is 99.4 cm³/mol. The van der Waals surface area contributed by atoms with Crippen molar-refractivity contribution in [3.63, 3.8) is 0 Å². The van der Waals surface area contributed by atoms with Crippen molar-refractivity contribution in [2.45, 2.75) is 19.9 Å². The zero-order chi connectivity index (χ0) is 17.2. The van der Waals surface area contributed by atoms with Gasteiger partial charge in [0.05, 0.1) is 0 Å². The standard InChI is InChI=1S/C23H20NO/c1-17-7-8-20-15-21(23(25)22(20)13-17)14-18-9-11-24(12-10-18)16-19-5-3-2-4-6-19/h2-14H,15-16H2,1H3/q+1. The normalized spacial score (nSPS) is 14.8. The van der Waals surface area contributed by atoms with E-state index in [0.29, 0.717) is 0 Å². The number of pyridine rings is 1. The highest BCUT2D eigenvalue weighted by Gasteiger charge is 2.24. The number of rotatable bonds is 3. The first-order chi connectivity index (χ1) is 12.2. The molecular weight excluding hydrogens is 306 g/mol. The molecule has 1 heterocycles. The minimum Gasteiger partial charge on any atom is -0.289 e. The number of ketones is 1. The summed E-state index contributed by atoms with van der Waals surface area (Å²) in [5.74, 6) is 0.166. The lowest BCUT2D eigenvalue weighted by Gasteiger charge is -1.99. The molecule has 3 aromatic rings.